The lowest BCUT2D eigenvalue weighted by atomic mass is 9.89. The van der Waals surface area contributed by atoms with Gasteiger partial charge in [-0.05, 0) is 23.6 Å². The van der Waals surface area contributed by atoms with Gasteiger partial charge in [0.05, 0.1) is 13.2 Å². The van der Waals surface area contributed by atoms with Crippen LogP contribution in [0.3, 0.4) is 0 Å². The van der Waals surface area contributed by atoms with Crippen LogP contribution in [0, 0.1) is 0 Å². The van der Waals surface area contributed by atoms with Gasteiger partial charge in [0.1, 0.15) is 13.1 Å². The van der Waals surface area contributed by atoms with E-state index < -0.39 is 8.07 Å². The van der Waals surface area contributed by atoms with Crippen LogP contribution in [0.1, 0.15) is 24.8 Å². The molecule has 7 heteroatoms. The standard InChI is InChI=1S/C22H31N3O3Si/c1-29(2,3)15-14-26-17-25-16-23-24-21(25)20-6-4-18(5-7-20)19-8-10-22(11-9-19)27-12-13-28-22/h4-8,16H,9-15,17H2,1-3H3. The van der Waals surface area contributed by atoms with E-state index in [0.717, 1.165) is 43.3 Å². The summed E-state index contributed by atoms with van der Waals surface area (Å²) in [4.78, 5) is 0. The zero-order chi connectivity index (χ0) is 20.3. The predicted molar refractivity (Wildman–Crippen MR) is 116 cm³/mol. The molecule has 0 saturated carbocycles. The summed E-state index contributed by atoms with van der Waals surface area (Å²) in [6.07, 6.45) is 6.72. The van der Waals surface area contributed by atoms with Crippen LogP contribution in [0.2, 0.25) is 25.7 Å². The number of benzene rings is 1. The van der Waals surface area contributed by atoms with Gasteiger partial charge in [0.2, 0.25) is 0 Å². The van der Waals surface area contributed by atoms with Crippen molar-refractivity contribution in [3.05, 3.63) is 42.2 Å². The summed E-state index contributed by atoms with van der Waals surface area (Å²) in [5.41, 5.74) is 3.66. The van der Waals surface area contributed by atoms with Crippen LogP contribution in [0.4, 0.5) is 0 Å². The van der Waals surface area contributed by atoms with E-state index in [9.17, 15) is 0 Å². The molecule has 1 aliphatic carbocycles. The Bertz CT molecular complexity index is 849. The molecule has 1 aromatic carbocycles. The Hall–Kier alpha value is -1.80. The molecule has 0 bridgehead atoms. The first-order valence-corrected chi connectivity index (χ1v) is 14.2. The van der Waals surface area contributed by atoms with E-state index in [4.69, 9.17) is 14.2 Å². The van der Waals surface area contributed by atoms with Gasteiger partial charge >= 0.3 is 0 Å². The maximum atomic E-state index is 5.87. The van der Waals surface area contributed by atoms with E-state index in [1.807, 2.05) is 4.57 Å². The first-order valence-electron chi connectivity index (χ1n) is 10.5. The molecule has 156 valence electrons. The maximum absolute atomic E-state index is 5.87. The van der Waals surface area contributed by atoms with E-state index in [-0.39, 0.29) is 5.79 Å². The summed E-state index contributed by atoms with van der Waals surface area (Å²) in [6.45, 7) is 9.77. The minimum atomic E-state index is -1.08. The zero-order valence-corrected chi connectivity index (χ0v) is 18.7. The van der Waals surface area contributed by atoms with Crippen LogP contribution in [-0.4, -0.2) is 48.4 Å². The number of rotatable bonds is 7. The van der Waals surface area contributed by atoms with Gasteiger partial charge in [-0.15, -0.1) is 10.2 Å². The van der Waals surface area contributed by atoms with Crippen molar-refractivity contribution < 1.29 is 14.2 Å². The molecule has 1 aliphatic heterocycles. The largest absolute Gasteiger partial charge is 0.361 e. The number of hydrogen-bond donors (Lipinski definition) is 0. The highest BCUT2D eigenvalue weighted by Gasteiger charge is 2.37. The van der Waals surface area contributed by atoms with E-state index in [0.29, 0.717) is 19.9 Å². The molecule has 0 radical (unpaired) electrons. The summed E-state index contributed by atoms with van der Waals surface area (Å²) in [5.74, 6) is 0.476. The Morgan fingerprint density at radius 3 is 2.48 bits per heavy atom. The molecule has 2 aromatic rings. The Labute approximate surface area is 173 Å². The quantitative estimate of drug-likeness (QED) is 0.492. The summed E-state index contributed by atoms with van der Waals surface area (Å²) < 4.78 is 19.5. The van der Waals surface area contributed by atoms with E-state index in [2.05, 4.69) is 60.2 Å². The molecular formula is C22H31N3O3Si. The molecule has 2 heterocycles. The number of aromatic nitrogens is 3. The lowest BCUT2D eigenvalue weighted by Crippen LogP contribution is -2.31. The Morgan fingerprint density at radius 1 is 1.10 bits per heavy atom. The van der Waals surface area contributed by atoms with Crippen LogP contribution in [0.15, 0.2) is 36.7 Å². The number of nitrogens with zero attached hydrogens (tertiary/aromatic N) is 3. The summed E-state index contributed by atoms with van der Waals surface area (Å²) in [7, 11) is -1.08. The van der Waals surface area contributed by atoms with Crippen LogP contribution >= 0.6 is 0 Å². The third kappa shape index (κ3) is 5.03. The molecule has 0 atom stereocenters. The zero-order valence-electron chi connectivity index (χ0n) is 17.7. The summed E-state index contributed by atoms with van der Waals surface area (Å²) in [5, 5.41) is 8.38. The normalized spacial score (nSPS) is 18.9. The second kappa shape index (κ2) is 8.51. The van der Waals surface area contributed by atoms with Crippen LogP contribution < -0.4 is 0 Å². The second-order valence-corrected chi connectivity index (χ2v) is 14.7. The monoisotopic (exact) mass is 413 g/mol. The van der Waals surface area contributed by atoms with Gasteiger partial charge in [0, 0.05) is 33.1 Å². The molecule has 29 heavy (non-hydrogen) atoms. The topological polar surface area (TPSA) is 58.4 Å². The highest BCUT2D eigenvalue weighted by molar-refractivity contribution is 6.76. The van der Waals surface area contributed by atoms with Crippen molar-refractivity contribution in [3.63, 3.8) is 0 Å². The molecule has 1 saturated heterocycles. The molecule has 1 spiro atoms. The molecular weight excluding hydrogens is 382 g/mol. The molecule has 1 aromatic heterocycles. The first-order chi connectivity index (χ1) is 13.9. The van der Waals surface area contributed by atoms with Crippen molar-refractivity contribution in [3.8, 4) is 11.4 Å². The maximum Gasteiger partial charge on any atom is 0.172 e. The Kier molecular flexibility index (Phi) is 6.01. The Morgan fingerprint density at radius 2 is 1.83 bits per heavy atom. The number of allylic oxidation sites excluding steroid dienone is 1. The van der Waals surface area contributed by atoms with Crippen molar-refractivity contribution in [1.29, 1.82) is 0 Å². The smallest absolute Gasteiger partial charge is 0.172 e. The number of hydrogen-bond acceptors (Lipinski definition) is 5. The minimum Gasteiger partial charge on any atom is -0.361 e. The third-order valence-corrected chi connectivity index (χ3v) is 7.31. The minimum absolute atomic E-state index is 0.366. The van der Waals surface area contributed by atoms with Gasteiger partial charge in [-0.3, -0.25) is 4.57 Å². The molecule has 0 N–H and O–H groups in total. The third-order valence-electron chi connectivity index (χ3n) is 5.60. The van der Waals surface area contributed by atoms with Crippen LogP contribution in [-0.2, 0) is 20.9 Å². The first kappa shape index (κ1) is 20.5. The second-order valence-electron chi connectivity index (χ2n) is 9.09. The molecule has 0 amide bonds. The summed E-state index contributed by atoms with van der Waals surface area (Å²) >= 11 is 0. The molecule has 1 fully saturated rings. The highest BCUT2D eigenvalue weighted by Crippen LogP contribution is 2.38. The van der Waals surface area contributed by atoms with Gasteiger partial charge in [-0.25, -0.2) is 0 Å². The Balaban J connectivity index is 1.39. The fourth-order valence-electron chi connectivity index (χ4n) is 3.78. The van der Waals surface area contributed by atoms with Crippen molar-refractivity contribution in [2.45, 2.75) is 57.5 Å². The van der Waals surface area contributed by atoms with Crippen molar-refractivity contribution in [2.24, 2.45) is 0 Å². The molecule has 4 rings (SSSR count). The highest BCUT2D eigenvalue weighted by atomic mass is 28.3. The van der Waals surface area contributed by atoms with Crippen LogP contribution in [0.5, 0.6) is 0 Å². The fraction of sp³-hybridized carbons (Fsp3) is 0.545. The van der Waals surface area contributed by atoms with E-state index in [1.165, 1.54) is 11.1 Å². The van der Waals surface area contributed by atoms with Crippen molar-refractivity contribution in [1.82, 2.24) is 14.8 Å². The predicted octanol–water partition coefficient (Wildman–Crippen LogP) is 4.57. The van der Waals surface area contributed by atoms with Gasteiger partial charge in [0.25, 0.3) is 0 Å². The molecule has 6 nitrogen and oxygen atoms in total. The SMILES string of the molecule is C[Si](C)(C)CCOCn1cnnc1-c1ccc(C2=CCC3(CC2)OCCO3)cc1. The molecule has 2 aliphatic rings. The lowest BCUT2D eigenvalue weighted by Gasteiger charge is -2.30. The average molecular weight is 414 g/mol. The average Bonchev–Trinajstić information content (AvgIpc) is 3.35. The summed E-state index contributed by atoms with van der Waals surface area (Å²) in [6, 6.07) is 9.73. The van der Waals surface area contributed by atoms with Crippen LogP contribution in [0.25, 0.3) is 17.0 Å². The van der Waals surface area contributed by atoms with E-state index in [1.54, 1.807) is 6.33 Å². The molecule has 0 unspecified atom stereocenters. The van der Waals surface area contributed by atoms with Crippen molar-refractivity contribution in [2.75, 3.05) is 19.8 Å². The van der Waals surface area contributed by atoms with E-state index >= 15 is 0 Å². The van der Waals surface area contributed by atoms with Gasteiger partial charge < -0.3 is 14.2 Å². The van der Waals surface area contributed by atoms with Gasteiger partial charge in [0.15, 0.2) is 11.6 Å². The van der Waals surface area contributed by atoms with Crippen molar-refractivity contribution >= 4 is 13.6 Å². The van der Waals surface area contributed by atoms with Gasteiger partial charge in [-0.2, -0.15) is 0 Å². The fourth-order valence-corrected chi connectivity index (χ4v) is 4.53. The number of ether oxygens (including phenoxy) is 3. The van der Waals surface area contributed by atoms with Gasteiger partial charge in [-0.1, -0.05) is 50.0 Å². The lowest BCUT2D eigenvalue weighted by molar-refractivity contribution is -0.159.